The van der Waals surface area contributed by atoms with E-state index in [9.17, 15) is 0 Å². The Kier molecular flexibility index (Phi) is 4.61. The summed E-state index contributed by atoms with van der Waals surface area (Å²) in [6, 6.07) is 17.0. The monoisotopic (exact) mass is 382 g/mol. The van der Waals surface area contributed by atoms with Crippen molar-refractivity contribution in [1.29, 1.82) is 0 Å². The fourth-order valence-corrected chi connectivity index (χ4v) is 4.64. The minimum absolute atomic E-state index is 0.851. The van der Waals surface area contributed by atoms with Gasteiger partial charge < -0.3 is 0 Å². The van der Waals surface area contributed by atoms with Crippen molar-refractivity contribution in [2.45, 2.75) is 12.8 Å². The van der Waals surface area contributed by atoms with Gasteiger partial charge in [0.05, 0.1) is 4.34 Å². The Morgan fingerprint density at radius 2 is 1.70 bits per heavy atom. The first-order chi connectivity index (χ1) is 9.70. The van der Waals surface area contributed by atoms with Gasteiger partial charge in [0.15, 0.2) is 0 Å². The number of rotatable bonds is 4. The van der Waals surface area contributed by atoms with Gasteiger partial charge in [-0.15, -0.1) is 22.7 Å². The van der Waals surface area contributed by atoms with E-state index in [4.69, 9.17) is 11.6 Å². The molecule has 0 atom stereocenters. The van der Waals surface area contributed by atoms with Crippen LogP contribution in [0.1, 0.15) is 10.4 Å². The van der Waals surface area contributed by atoms with Crippen molar-refractivity contribution in [2.75, 3.05) is 0 Å². The van der Waals surface area contributed by atoms with Crippen molar-refractivity contribution in [1.82, 2.24) is 0 Å². The summed E-state index contributed by atoms with van der Waals surface area (Å²) in [6.45, 7) is 0. The van der Waals surface area contributed by atoms with Gasteiger partial charge in [0.2, 0.25) is 0 Å². The molecule has 0 saturated carbocycles. The third-order valence-electron chi connectivity index (χ3n) is 3.03. The van der Waals surface area contributed by atoms with Crippen LogP contribution in [0.2, 0.25) is 4.34 Å². The average Bonchev–Trinajstić information content (AvgIpc) is 3.05. The van der Waals surface area contributed by atoms with Gasteiger partial charge in [0.1, 0.15) is 0 Å². The first-order valence-corrected chi connectivity index (χ1v) is 9.10. The summed E-state index contributed by atoms with van der Waals surface area (Å²) in [6.07, 6.45) is 2.16. The molecule has 1 aromatic carbocycles. The SMILES string of the molecule is Clc1ccc(-c2ccc(CCc3cccc(Br)c3)s2)s1. The van der Waals surface area contributed by atoms with E-state index in [1.54, 1.807) is 11.3 Å². The summed E-state index contributed by atoms with van der Waals surface area (Å²) in [5.41, 5.74) is 1.37. The van der Waals surface area contributed by atoms with Crippen molar-refractivity contribution in [3.63, 3.8) is 0 Å². The highest BCUT2D eigenvalue weighted by Gasteiger charge is 2.06. The Bertz CT molecular complexity index is 715. The van der Waals surface area contributed by atoms with Gasteiger partial charge in [0.25, 0.3) is 0 Å². The molecule has 0 radical (unpaired) electrons. The minimum Gasteiger partial charge on any atom is -0.139 e. The fourth-order valence-electron chi connectivity index (χ4n) is 2.05. The Morgan fingerprint density at radius 1 is 0.900 bits per heavy atom. The van der Waals surface area contributed by atoms with Crippen LogP contribution in [0.15, 0.2) is 53.0 Å². The molecule has 0 aliphatic rings. The summed E-state index contributed by atoms with van der Waals surface area (Å²) in [7, 11) is 0. The molecule has 0 fully saturated rings. The number of hydrogen-bond acceptors (Lipinski definition) is 2. The van der Waals surface area contributed by atoms with Crippen LogP contribution in [0.25, 0.3) is 9.75 Å². The van der Waals surface area contributed by atoms with Gasteiger partial charge in [-0.05, 0) is 54.8 Å². The van der Waals surface area contributed by atoms with Crippen molar-refractivity contribution in [3.8, 4) is 9.75 Å². The number of hydrogen-bond donors (Lipinski definition) is 0. The normalized spacial score (nSPS) is 10.9. The summed E-state index contributed by atoms with van der Waals surface area (Å²) in [4.78, 5) is 3.99. The zero-order valence-electron chi connectivity index (χ0n) is 10.6. The number of thiophene rings is 2. The Morgan fingerprint density at radius 3 is 2.45 bits per heavy atom. The van der Waals surface area contributed by atoms with Crippen LogP contribution in [0, 0.1) is 0 Å². The van der Waals surface area contributed by atoms with Crippen LogP contribution in [0.4, 0.5) is 0 Å². The summed E-state index contributed by atoms with van der Waals surface area (Å²) >= 11 is 13.0. The van der Waals surface area contributed by atoms with Crippen molar-refractivity contribution in [2.24, 2.45) is 0 Å². The van der Waals surface area contributed by atoms with Gasteiger partial charge in [-0.3, -0.25) is 0 Å². The molecule has 0 saturated heterocycles. The lowest BCUT2D eigenvalue weighted by molar-refractivity contribution is 0.980. The van der Waals surface area contributed by atoms with Crippen LogP contribution >= 0.6 is 50.2 Å². The number of halogens is 2. The first kappa shape index (κ1) is 14.3. The zero-order chi connectivity index (χ0) is 13.9. The Hall–Kier alpha value is -0.610. The minimum atomic E-state index is 0.851. The fraction of sp³-hybridized carbons (Fsp3) is 0.125. The van der Waals surface area contributed by atoms with Crippen LogP contribution in [-0.2, 0) is 12.8 Å². The third kappa shape index (κ3) is 3.53. The van der Waals surface area contributed by atoms with E-state index in [0.717, 1.165) is 21.7 Å². The van der Waals surface area contributed by atoms with Gasteiger partial charge >= 0.3 is 0 Å². The summed E-state index contributed by atoms with van der Waals surface area (Å²) in [5.74, 6) is 0. The van der Waals surface area contributed by atoms with Crippen LogP contribution in [-0.4, -0.2) is 0 Å². The van der Waals surface area contributed by atoms with Gasteiger partial charge in [-0.25, -0.2) is 0 Å². The maximum absolute atomic E-state index is 5.99. The molecule has 20 heavy (non-hydrogen) atoms. The van der Waals surface area contributed by atoms with Gasteiger partial charge in [-0.2, -0.15) is 0 Å². The zero-order valence-corrected chi connectivity index (χ0v) is 14.6. The second-order valence-electron chi connectivity index (χ2n) is 4.50. The molecule has 0 N–H and O–H groups in total. The number of benzene rings is 1. The van der Waals surface area contributed by atoms with Crippen molar-refractivity contribution >= 4 is 50.2 Å². The molecule has 3 rings (SSSR count). The van der Waals surface area contributed by atoms with Crippen LogP contribution in [0.5, 0.6) is 0 Å². The summed E-state index contributed by atoms with van der Waals surface area (Å²) in [5, 5.41) is 0. The van der Waals surface area contributed by atoms with Crippen LogP contribution in [0.3, 0.4) is 0 Å². The van der Waals surface area contributed by atoms with Crippen molar-refractivity contribution < 1.29 is 0 Å². The Balaban J connectivity index is 1.68. The third-order valence-corrected chi connectivity index (χ3v) is 6.09. The largest absolute Gasteiger partial charge is 0.139 e. The van der Waals surface area contributed by atoms with E-state index in [1.807, 2.05) is 17.4 Å². The molecular weight excluding hydrogens is 372 g/mol. The predicted octanol–water partition coefficient (Wildman–Crippen LogP) is 6.68. The highest BCUT2D eigenvalue weighted by molar-refractivity contribution is 9.10. The van der Waals surface area contributed by atoms with E-state index < -0.39 is 0 Å². The van der Waals surface area contributed by atoms with E-state index in [2.05, 4.69) is 58.4 Å². The van der Waals surface area contributed by atoms with Crippen LogP contribution < -0.4 is 0 Å². The average molecular weight is 384 g/mol. The van der Waals surface area contributed by atoms with Crippen molar-refractivity contribution in [3.05, 3.63) is 67.8 Å². The maximum atomic E-state index is 5.99. The molecule has 4 heteroatoms. The molecule has 102 valence electrons. The topological polar surface area (TPSA) is 0 Å². The molecule has 3 aromatic rings. The highest BCUT2D eigenvalue weighted by Crippen LogP contribution is 2.35. The van der Waals surface area contributed by atoms with E-state index in [-0.39, 0.29) is 0 Å². The number of aryl methyl sites for hydroxylation is 2. The lowest BCUT2D eigenvalue weighted by Gasteiger charge is -2.00. The van der Waals surface area contributed by atoms with E-state index >= 15 is 0 Å². The molecule has 0 unspecified atom stereocenters. The Labute approximate surface area is 140 Å². The van der Waals surface area contributed by atoms with E-state index in [0.29, 0.717) is 0 Å². The molecule has 2 aromatic heterocycles. The molecule has 2 heterocycles. The lowest BCUT2D eigenvalue weighted by Crippen LogP contribution is -1.88. The molecule has 0 amide bonds. The first-order valence-electron chi connectivity index (χ1n) is 6.29. The van der Waals surface area contributed by atoms with Gasteiger partial charge in [0, 0.05) is 19.1 Å². The maximum Gasteiger partial charge on any atom is 0.0935 e. The standard InChI is InChI=1S/C16H12BrClS2/c17-12-3-1-2-11(10-12)4-5-13-6-7-14(19-13)15-8-9-16(18)20-15/h1-3,6-10H,4-5H2. The smallest absolute Gasteiger partial charge is 0.0935 e. The molecule has 0 aliphatic heterocycles. The van der Waals surface area contributed by atoms with E-state index in [1.165, 1.54) is 20.2 Å². The molecule has 0 bridgehead atoms. The molecular formula is C16H12BrClS2. The highest BCUT2D eigenvalue weighted by atomic mass is 79.9. The quantitative estimate of drug-likeness (QED) is 0.471. The predicted molar refractivity (Wildman–Crippen MR) is 94.2 cm³/mol. The lowest BCUT2D eigenvalue weighted by atomic mass is 10.1. The van der Waals surface area contributed by atoms with Gasteiger partial charge in [-0.1, -0.05) is 39.7 Å². The molecule has 0 nitrogen and oxygen atoms in total. The second kappa shape index (κ2) is 6.44. The summed E-state index contributed by atoms with van der Waals surface area (Å²) < 4.78 is 2.00. The second-order valence-corrected chi connectivity index (χ2v) is 8.30. The molecule has 0 spiro atoms. The molecule has 0 aliphatic carbocycles.